The fourth-order valence-corrected chi connectivity index (χ4v) is 6.37. The average molecular weight is 756 g/mol. The highest BCUT2D eigenvalue weighted by molar-refractivity contribution is 7.47. The van der Waals surface area contributed by atoms with E-state index in [0.29, 0.717) is 6.42 Å². The molecule has 0 bridgehead atoms. The number of unbranched alkanes of at least 4 members (excludes halogenated alkanes) is 20. The summed E-state index contributed by atoms with van der Waals surface area (Å²) < 4.78 is 32.7. The Balaban J connectivity index is 4.11. The Morgan fingerprint density at radius 2 is 1.04 bits per heavy atom. The maximum absolute atomic E-state index is 12.6. The second-order valence-corrected chi connectivity index (χ2v) is 15.3. The van der Waals surface area contributed by atoms with Crippen LogP contribution >= 0.6 is 7.82 Å². The second-order valence-electron chi connectivity index (χ2n) is 13.8. The van der Waals surface area contributed by atoms with Gasteiger partial charge in [-0.05, 0) is 64.2 Å². The zero-order valence-electron chi connectivity index (χ0n) is 33.3. The molecule has 0 rings (SSSR count). The summed E-state index contributed by atoms with van der Waals surface area (Å²) in [6.07, 6.45) is 41.8. The number of esters is 2. The number of hydrogen-bond donors (Lipinski definition) is 2. The lowest BCUT2D eigenvalue weighted by molar-refractivity contribution is -0.161. The van der Waals surface area contributed by atoms with Crippen LogP contribution in [0.5, 0.6) is 0 Å². The van der Waals surface area contributed by atoms with Gasteiger partial charge in [-0.2, -0.15) is 0 Å². The lowest BCUT2D eigenvalue weighted by Crippen LogP contribution is -2.29. The van der Waals surface area contributed by atoms with Crippen LogP contribution in [0.15, 0.2) is 36.5 Å². The van der Waals surface area contributed by atoms with Crippen LogP contribution in [0.4, 0.5) is 0 Å². The normalized spacial score (nSPS) is 13.7. The van der Waals surface area contributed by atoms with Crippen molar-refractivity contribution in [1.29, 1.82) is 0 Å². The van der Waals surface area contributed by atoms with Crippen LogP contribution in [-0.2, 0) is 32.7 Å². The molecule has 0 heterocycles. The zero-order valence-corrected chi connectivity index (χ0v) is 34.2. The van der Waals surface area contributed by atoms with Crippen molar-refractivity contribution >= 4 is 19.8 Å². The molecule has 0 amide bonds. The Morgan fingerprint density at radius 1 is 0.577 bits per heavy atom. The summed E-state index contributed by atoms with van der Waals surface area (Å²) in [7, 11) is -4.37. The Labute approximate surface area is 318 Å². The third-order valence-electron chi connectivity index (χ3n) is 8.73. The summed E-state index contributed by atoms with van der Waals surface area (Å²) in [5.41, 5.74) is 5.34. The van der Waals surface area contributed by atoms with E-state index in [1.54, 1.807) is 0 Å². The zero-order chi connectivity index (χ0) is 38.2. The minimum Gasteiger partial charge on any atom is -0.462 e. The highest BCUT2D eigenvalue weighted by Crippen LogP contribution is 2.43. The van der Waals surface area contributed by atoms with Gasteiger partial charge in [0.1, 0.15) is 6.61 Å². The van der Waals surface area contributed by atoms with E-state index in [2.05, 4.69) is 50.3 Å². The lowest BCUT2D eigenvalue weighted by Gasteiger charge is -2.19. The molecule has 52 heavy (non-hydrogen) atoms. The Morgan fingerprint density at radius 3 is 1.56 bits per heavy atom. The molecule has 0 aliphatic carbocycles. The molecule has 304 valence electrons. The number of nitrogens with two attached hydrogens (primary N) is 1. The fourth-order valence-electron chi connectivity index (χ4n) is 5.61. The molecule has 9 nitrogen and oxygen atoms in total. The Hall–Kier alpha value is -1.77. The molecule has 0 saturated carbocycles. The standard InChI is InChI=1S/C42H78NO8P/c1-3-5-7-9-11-13-15-16-17-18-19-20-21-22-23-24-25-27-29-31-33-35-42(45)51-40(39-50-52(46,47)49-37-36-43)38-48-41(44)34-32-30-28-26-14-12-10-8-6-4-2/h8,10,15-16,18-19,40H,3-7,9,11-14,17,20-39,43H2,1-2H3,(H,46,47)/b10-8-,16-15-,19-18-. The number of hydrogen-bond acceptors (Lipinski definition) is 8. The van der Waals surface area contributed by atoms with Gasteiger partial charge in [0.25, 0.3) is 0 Å². The van der Waals surface area contributed by atoms with E-state index in [1.165, 1.54) is 77.0 Å². The van der Waals surface area contributed by atoms with Gasteiger partial charge in [0, 0.05) is 19.4 Å². The minimum absolute atomic E-state index is 0.0512. The van der Waals surface area contributed by atoms with Crippen molar-refractivity contribution in [2.75, 3.05) is 26.4 Å². The van der Waals surface area contributed by atoms with Crippen LogP contribution in [0.2, 0.25) is 0 Å². The van der Waals surface area contributed by atoms with E-state index in [0.717, 1.165) is 77.0 Å². The second kappa shape index (κ2) is 38.9. The number of ether oxygens (including phenoxy) is 2. The third kappa shape index (κ3) is 38.0. The summed E-state index contributed by atoms with van der Waals surface area (Å²) in [6.45, 7) is 3.64. The molecular formula is C42H78NO8P. The number of phosphoric ester groups is 1. The average Bonchev–Trinajstić information content (AvgIpc) is 3.13. The highest BCUT2D eigenvalue weighted by Gasteiger charge is 2.26. The van der Waals surface area contributed by atoms with Crippen LogP contribution in [0.3, 0.4) is 0 Å². The monoisotopic (exact) mass is 756 g/mol. The molecule has 0 radical (unpaired) electrons. The third-order valence-corrected chi connectivity index (χ3v) is 9.71. The maximum atomic E-state index is 12.6. The van der Waals surface area contributed by atoms with Crippen molar-refractivity contribution < 1.29 is 37.6 Å². The van der Waals surface area contributed by atoms with Crippen molar-refractivity contribution in [3.63, 3.8) is 0 Å². The molecular weight excluding hydrogens is 677 g/mol. The molecule has 0 aromatic carbocycles. The molecule has 0 aliphatic rings. The van der Waals surface area contributed by atoms with Gasteiger partial charge >= 0.3 is 19.8 Å². The number of carbonyl (C=O) groups is 2. The van der Waals surface area contributed by atoms with E-state index >= 15 is 0 Å². The predicted molar refractivity (Wildman–Crippen MR) is 215 cm³/mol. The molecule has 0 aromatic heterocycles. The quantitative estimate of drug-likeness (QED) is 0.0272. The topological polar surface area (TPSA) is 134 Å². The van der Waals surface area contributed by atoms with E-state index < -0.39 is 32.5 Å². The Kier molecular flexibility index (Phi) is 37.6. The van der Waals surface area contributed by atoms with E-state index in [4.69, 9.17) is 24.3 Å². The highest BCUT2D eigenvalue weighted by atomic mass is 31.2. The van der Waals surface area contributed by atoms with Crippen LogP contribution in [0, 0.1) is 0 Å². The summed E-state index contributed by atoms with van der Waals surface area (Å²) in [5, 5.41) is 0. The smallest absolute Gasteiger partial charge is 0.462 e. The number of allylic oxidation sites excluding steroid dienone is 6. The molecule has 0 aromatic rings. The minimum atomic E-state index is -4.37. The van der Waals surface area contributed by atoms with Gasteiger partial charge in [-0.15, -0.1) is 0 Å². The number of rotatable bonds is 39. The molecule has 2 atom stereocenters. The first-order valence-electron chi connectivity index (χ1n) is 21.0. The van der Waals surface area contributed by atoms with Gasteiger partial charge in [0.2, 0.25) is 0 Å². The molecule has 3 N–H and O–H groups in total. The number of carbonyl (C=O) groups excluding carboxylic acids is 2. The first kappa shape index (κ1) is 50.2. The van der Waals surface area contributed by atoms with Crippen LogP contribution in [-0.4, -0.2) is 49.3 Å². The summed E-state index contributed by atoms with van der Waals surface area (Å²) >= 11 is 0. The van der Waals surface area contributed by atoms with E-state index in [1.807, 2.05) is 0 Å². The van der Waals surface area contributed by atoms with E-state index in [9.17, 15) is 19.0 Å². The van der Waals surface area contributed by atoms with Crippen LogP contribution < -0.4 is 5.73 Å². The molecule has 10 heteroatoms. The number of phosphoric acid groups is 1. The van der Waals surface area contributed by atoms with E-state index in [-0.39, 0.29) is 32.6 Å². The lowest BCUT2D eigenvalue weighted by atomic mass is 10.1. The maximum Gasteiger partial charge on any atom is 0.472 e. The van der Waals surface area contributed by atoms with Gasteiger partial charge < -0.3 is 20.1 Å². The van der Waals surface area contributed by atoms with Crippen molar-refractivity contribution in [1.82, 2.24) is 0 Å². The molecule has 0 saturated heterocycles. The largest absolute Gasteiger partial charge is 0.472 e. The first-order valence-corrected chi connectivity index (χ1v) is 22.5. The molecule has 0 aliphatic heterocycles. The summed E-state index contributed by atoms with van der Waals surface area (Å²) in [5.74, 6) is -0.846. The molecule has 0 spiro atoms. The predicted octanol–water partition coefficient (Wildman–Crippen LogP) is 11.8. The van der Waals surface area contributed by atoms with Gasteiger partial charge in [-0.3, -0.25) is 18.6 Å². The summed E-state index contributed by atoms with van der Waals surface area (Å²) in [4.78, 5) is 34.7. The van der Waals surface area contributed by atoms with Crippen molar-refractivity contribution in [3.8, 4) is 0 Å². The van der Waals surface area contributed by atoms with Gasteiger partial charge in [-0.25, -0.2) is 4.57 Å². The Bertz CT molecular complexity index is 954. The van der Waals surface area contributed by atoms with Crippen molar-refractivity contribution in [3.05, 3.63) is 36.5 Å². The van der Waals surface area contributed by atoms with Gasteiger partial charge in [-0.1, -0.05) is 147 Å². The van der Waals surface area contributed by atoms with Crippen molar-refractivity contribution in [2.24, 2.45) is 5.73 Å². The summed E-state index contributed by atoms with van der Waals surface area (Å²) in [6, 6.07) is 0. The fraction of sp³-hybridized carbons (Fsp3) is 0.810. The van der Waals surface area contributed by atoms with Gasteiger partial charge in [0.05, 0.1) is 13.2 Å². The SMILES string of the molecule is CCC/C=C\CCCCCCCC(=O)OCC(COP(=O)(O)OCCN)OC(=O)CCCCCCCCCCC/C=C\C/C=C\CCCCCCC. The van der Waals surface area contributed by atoms with Crippen LogP contribution in [0.1, 0.15) is 187 Å². The van der Waals surface area contributed by atoms with Crippen LogP contribution in [0.25, 0.3) is 0 Å². The molecule has 2 unspecified atom stereocenters. The van der Waals surface area contributed by atoms with Gasteiger partial charge in [0.15, 0.2) is 6.10 Å². The van der Waals surface area contributed by atoms with Crippen molar-refractivity contribution in [2.45, 2.75) is 193 Å². The molecule has 0 fully saturated rings. The first-order chi connectivity index (χ1) is 25.3.